The van der Waals surface area contributed by atoms with Crippen LogP contribution in [0.25, 0.3) is 0 Å². The standard InChI is InChI=1S/C13H26N4/c1-4-12(7-8-14)5-6-13-16-15-10-17(13)9-11(2)3/h10-12H,4-9,14H2,1-3H3. The zero-order valence-electron chi connectivity index (χ0n) is 11.4. The molecule has 0 aliphatic rings. The molecule has 0 bridgehead atoms. The molecule has 17 heavy (non-hydrogen) atoms. The number of nitrogens with zero attached hydrogens (tertiary/aromatic N) is 3. The molecule has 1 atom stereocenters. The summed E-state index contributed by atoms with van der Waals surface area (Å²) in [5.41, 5.74) is 5.62. The molecule has 0 saturated carbocycles. The highest BCUT2D eigenvalue weighted by Gasteiger charge is 2.10. The van der Waals surface area contributed by atoms with Crippen LogP contribution in [0.4, 0.5) is 0 Å². The molecule has 0 fully saturated rings. The van der Waals surface area contributed by atoms with Crippen LogP contribution in [0.5, 0.6) is 0 Å². The topological polar surface area (TPSA) is 56.7 Å². The van der Waals surface area contributed by atoms with Gasteiger partial charge >= 0.3 is 0 Å². The van der Waals surface area contributed by atoms with Crippen molar-refractivity contribution < 1.29 is 0 Å². The first kappa shape index (κ1) is 14.2. The lowest BCUT2D eigenvalue weighted by atomic mass is 9.96. The smallest absolute Gasteiger partial charge is 0.132 e. The number of rotatable bonds is 8. The van der Waals surface area contributed by atoms with Gasteiger partial charge in [-0.1, -0.05) is 27.2 Å². The van der Waals surface area contributed by atoms with E-state index in [2.05, 4.69) is 35.5 Å². The number of aryl methyl sites for hydroxylation is 1. The van der Waals surface area contributed by atoms with E-state index in [9.17, 15) is 0 Å². The molecule has 0 saturated heterocycles. The third-order valence-electron chi connectivity index (χ3n) is 3.19. The van der Waals surface area contributed by atoms with Crippen LogP contribution in [0.15, 0.2) is 6.33 Å². The van der Waals surface area contributed by atoms with Crippen LogP contribution in [-0.2, 0) is 13.0 Å². The van der Waals surface area contributed by atoms with E-state index in [4.69, 9.17) is 5.73 Å². The first-order valence-electron chi connectivity index (χ1n) is 6.74. The second kappa shape index (κ2) is 7.43. The fraction of sp³-hybridized carbons (Fsp3) is 0.846. The van der Waals surface area contributed by atoms with Gasteiger partial charge in [-0.3, -0.25) is 0 Å². The van der Waals surface area contributed by atoms with Gasteiger partial charge in [0.1, 0.15) is 12.2 Å². The Kier molecular flexibility index (Phi) is 6.19. The van der Waals surface area contributed by atoms with Gasteiger partial charge in [0.2, 0.25) is 0 Å². The maximum atomic E-state index is 5.62. The van der Waals surface area contributed by atoms with Gasteiger partial charge in [-0.25, -0.2) is 0 Å². The summed E-state index contributed by atoms with van der Waals surface area (Å²) in [5, 5.41) is 8.23. The zero-order valence-corrected chi connectivity index (χ0v) is 11.4. The molecule has 0 amide bonds. The van der Waals surface area contributed by atoms with Gasteiger partial charge in [-0.15, -0.1) is 10.2 Å². The van der Waals surface area contributed by atoms with Crippen molar-refractivity contribution in [2.24, 2.45) is 17.6 Å². The summed E-state index contributed by atoms with van der Waals surface area (Å²) in [6, 6.07) is 0. The van der Waals surface area contributed by atoms with Crippen molar-refractivity contribution in [3.8, 4) is 0 Å². The lowest BCUT2D eigenvalue weighted by Gasteiger charge is -2.14. The fourth-order valence-electron chi connectivity index (χ4n) is 2.14. The highest BCUT2D eigenvalue weighted by Crippen LogP contribution is 2.15. The minimum atomic E-state index is 0.635. The molecule has 0 spiro atoms. The molecule has 0 aliphatic carbocycles. The zero-order chi connectivity index (χ0) is 12.7. The van der Waals surface area contributed by atoms with E-state index in [1.54, 1.807) is 0 Å². The summed E-state index contributed by atoms with van der Waals surface area (Å²) in [7, 11) is 0. The van der Waals surface area contributed by atoms with E-state index >= 15 is 0 Å². The maximum absolute atomic E-state index is 5.62. The van der Waals surface area contributed by atoms with E-state index < -0.39 is 0 Å². The average molecular weight is 238 g/mol. The normalized spacial score (nSPS) is 13.2. The van der Waals surface area contributed by atoms with E-state index in [1.165, 1.54) is 12.8 Å². The van der Waals surface area contributed by atoms with Crippen molar-refractivity contribution in [1.82, 2.24) is 14.8 Å². The highest BCUT2D eigenvalue weighted by molar-refractivity contribution is 4.87. The Morgan fingerprint density at radius 1 is 1.35 bits per heavy atom. The van der Waals surface area contributed by atoms with Crippen LogP contribution >= 0.6 is 0 Å². The number of hydrogen-bond acceptors (Lipinski definition) is 3. The number of aromatic nitrogens is 3. The van der Waals surface area contributed by atoms with E-state index in [0.717, 1.165) is 37.7 Å². The first-order valence-corrected chi connectivity index (χ1v) is 6.74. The van der Waals surface area contributed by atoms with Crippen LogP contribution in [0, 0.1) is 11.8 Å². The summed E-state index contributed by atoms with van der Waals surface area (Å²) < 4.78 is 2.18. The second-order valence-corrected chi connectivity index (χ2v) is 5.18. The highest BCUT2D eigenvalue weighted by atomic mass is 15.3. The molecular weight excluding hydrogens is 212 g/mol. The van der Waals surface area contributed by atoms with E-state index in [1.807, 2.05) is 6.33 Å². The number of hydrogen-bond donors (Lipinski definition) is 1. The molecule has 0 aliphatic heterocycles. The summed E-state index contributed by atoms with van der Waals surface area (Å²) in [6.45, 7) is 8.46. The molecule has 0 aromatic carbocycles. The maximum Gasteiger partial charge on any atom is 0.132 e. The Hall–Kier alpha value is -0.900. The van der Waals surface area contributed by atoms with Gasteiger partial charge in [0.15, 0.2) is 0 Å². The lowest BCUT2D eigenvalue weighted by molar-refractivity contribution is 0.428. The Morgan fingerprint density at radius 3 is 2.71 bits per heavy atom. The van der Waals surface area contributed by atoms with Crippen LogP contribution in [0.3, 0.4) is 0 Å². The molecule has 1 rings (SSSR count). The van der Waals surface area contributed by atoms with Crippen LogP contribution in [0.1, 0.15) is 45.9 Å². The predicted molar refractivity (Wildman–Crippen MR) is 70.6 cm³/mol. The van der Waals surface area contributed by atoms with Gasteiger partial charge in [0, 0.05) is 13.0 Å². The van der Waals surface area contributed by atoms with Crippen molar-refractivity contribution in [2.75, 3.05) is 6.54 Å². The molecule has 4 heteroatoms. The van der Waals surface area contributed by atoms with Gasteiger partial charge in [-0.05, 0) is 31.2 Å². The monoisotopic (exact) mass is 238 g/mol. The Labute approximate surface area is 105 Å². The number of nitrogens with two attached hydrogens (primary N) is 1. The third-order valence-corrected chi connectivity index (χ3v) is 3.19. The van der Waals surface area contributed by atoms with Crippen LogP contribution < -0.4 is 5.73 Å². The minimum Gasteiger partial charge on any atom is -0.330 e. The Bertz CT molecular complexity index is 306. The molecule has 2 N–H and O–H groups in total. The van der Waals surface area contributed by atoms with Crippen molar-refractivity contribution >= 4 is 0 Å². The fourth-order valence-corrected chi connectivity index (χ4v) is 2.14. The van der Waals surface area contributed by atoms with Gasteiger partial charge in [0.25, 0.3) is 0 Å². The molecular formula is C13H26N4. The molecule has 0 radical (unpaired) electrons. The van der Waals surface area contributed by atoms with E-state index in [0.29, 0.717) is 5.92 Å². The van der Waals surface area contributed by atoms with Crippen molar-refractivity contribution in [1.29, 1.82) is 0 Å². The van der Waals surface area contributed by atoms with Crippen molar-refractivity contribution in [3.63, 3.8) is 0 Å². The molecule has 1 heterocycles. The first-order chi connectivity index (χ1) is 8.17. The largest absolute Gasteiger partial charge is 0.330 e. The van der Waals surface area contributed by atoms with Crippen LogP contribution in [0.2, 0.25) is 0 Å². The molecule has 1 unspecified atom stereocenters. The lowest BCUT2D eigenvalue weighted by Crippen LogP contribution is -2.12. The second-order valence-electron chi connectivity index (χ2n) is 5.18. The van der Waals surface area contributed by atoms with Gasteiger partial charge in [0.05, 0.1) is 0 Å². The Balaban J connectivity index is 2.47. The average Bonchev–Trinajstić information content (AvgIpc) is 2.71. The van der Waals surface area contributed by atoms with E-state index in [-0.39, 0.29) is 0 Å². The van der Waals surface area contributed by atoms with Crippen molar-refractivity contribution in [3.05, 3.63) is 12.2 Å². The Morgan fingerprint density at radius 2 is 2.12 bits per heavy atom. The quantitative estimate of drug-likeness (QED) is 0.755. The SMILES string of the molecule is CCC(CCN)CCc1nncn1CC(C)C. The molecule has 1 aromatic heterocycles. The van der Waals surface area contributed by atoms with Crippen LogP contribution in [-0.4, -0.2) is 21.3 Å². The molecule has 4 nitrogen and oxygen atoms in total. The third kappa shape index (κ3) is 4.86. The predicted octanol–water partition coefficient (Wildman–Crippen LogP) is 2.24. The van der Waals surface area contributed by atoms with Gasteiger partial charge < -0.3 is 10.3 Å². The minimum absolute atomic E-state index is 0.635. The summed E-state index contributed by atoms with van der Waals surface area (Å²) in [6.07, 6.45) is 6.36. The van der Waals surface area contributed by atoms with Crippen molar-refractivity contribution in [2.45, 2.75) is 53.0 Å². The molecule has 98 valence electrons. The van der Waals surface area contributed by atoms with Gasteiger partial charge in [-0.2, -0.15) is 0 Å². The summed E-state index contributed by atoms with van der Waals surface area (Å²) in [5.74, 6) is 2.48. The summed E-state index contributed by atoms with van der Waals surface area (Å²) in [4.78, 5) is 0. The summed E-state index contributed by atoms with van der Waals surface area (Å²) >= 11 is 0. The molecule has 1 aromatic rings.